The van der Waals surface area contributed by atoms with Gasteiger partial charge in [-0.2, -0.15) is 0 Å². The molecule has 1 fully saturated rings. The number of nitrogens with one attached hydrogen (secondary N) is 2. The summed E-state index contributed by atoms with van der Waals surface area (Å²) >= 11 is 0. The monoisotopic (exact) mass is 559 g/mol. The second kappa shape index (κ2) is 12.9. The number of hydrogen-bond donors (Lipinski definition) is 2. The van der Waals surface area contributed by atoms with Gasteiger partial charge in [-0.3, -0.25) is 4.90 Å². The molecule has 32 heavy (non-hydrogen) atoms. The Labute approximate surface area is 207 Å². The third-order valence-corrected chi connectivity index (χ3v) is 5.66. The Morgan fingerprint density at radius 3 is 2.84 bits per heavy atom. The molecule has 2 aromatic rings. The Balaban J connectivity index is 0.00000363. The molecule has 0 aliphatic carbocycles. The van der Waals surface area contributed by atoms with Crippen LogP contribution < -0.4 is 15.4 Å². The SMILES string of the molecule is CCN1CCCC1CNC(=NCc1nnc(C)n1C)NCC(C)Oc1cccc(F)c1.I. The topological polar surface area (TPSA) is 79.6 Å². The number of aliphatic imine (C=N–C) groups is 1. The van der Waals surface area contributed by atoms with Gasteiger partial charge in [0.2, 0.25) is 0 Å². The summed E-state index contributed by atoms with van der Waals surface area (Å²) in [5.41, 5.74) is 0. The van der Waals surface area contributed by atoms with Gasteiger partial charge in [0.15, 0.2) is 11.8 Å². The number of likely N-dealkylation sites (tertiary alicyclic amines) is 1. The van der Waals surface area contributed by atoms with Gasteiger partial charge in [-0.25, -0.2) is 9.38 Å². The van der Waals surface area contributed by atoms with E-state index in [4.69, 9.17) is 9.73 Å². The lowest BCUT2D eigenvalue weighted by Crippen LogP contribution is -2.46. The van der Waals surface area contributed by atoms with Crippen LogP contribution in [0, 0.1) is 12.7 Å². The summed E-state index contributed by atoms with van der Waals surface area (Å²) in [6.45, 7) is 10.1. The lowest BCUT2D eigenvalue weighted by molar-refractivity contribution is 0.222. The first kappa shape index (κ1) is 26.3. The van der Waals surface area contributed by atoms with Crippen molar-refractivity contribution in [1.82, 2.24) is 30.3 Å². The third kappa shape index (κ3) is 7.58. The van der Waals surface area contributed by atoms with Crippen molar-refractivity contribution in [3.63, 3.8) is 0 Å². The van der Waals surface area contributed by atoms with Crippen LogP contribution in [0.25, 0.3) is 0 Å². The van der Waals surface area contributed by atoms with Crippen LogP contribution in [0.2, 0.25) is 0 Å². The fourth-order valence-electron chi connectivity index (χ4n) is 3.72. The lowest BCUT2D eigenvalue weighted by Gasteiger charge is -2.24. The van der Waals surface area contributed by atoms with Crippen molar-refractivity contribution < 1.29 is 9.13 Å². The molecule has 1 saturated heterocycles. The number of aryl methyl sites for hydroxylation is 1. The molecular formula is C22H35FIN7O. The number of nitrogens with zero attached hydrogens (tertiary/aromatic N) is 5. The maximum atomic E-state index is 13.4. The lowest BCUT2D eigenvalue weighted by atomic mass is 10.2. The Morgan fingerprint density at radius 1 is 1.34 bits per heavy atom. The van der Waals surface area contributed by atoms with Gasteiger partial charge in [-0.05, 0) is 51.9 Å². The smallest absolute Gasteiger partial charge is 0.191 e. The molecule has 1 aromatic carbocycles. The molecule has 10 heteroatoms. The van der Waals surface area contributed by atoms with Crippen molar-refractivity contribution in [2.75, 3.05) is 26.2 Å². The minimum absolute atomic E-state index is 0. The second-order valence-electron chi connectivity index (χ2n) is 7.96. The van der Waals surface area contributed by atoms with Crippen molar-refractivity contribution in [3.05, 3.63) is 41.7 Å². The van der Waals surface area contributed by atoms with E-state index in [-0.39, 0.29) is 35.9 Å². The van der Waals surface area contributed by atoms with E-state index in [0.29, 0.717) is 30.8 Å². The number of ether oxygens (including phenoxy) is 1. The Morgan fingerprint density at radius 2 is 2.16 bits per heavy atom. The number of rotatable bonds is 9. The highest BCUT2D eigenvalue weighted by molar-refractivity contribution is 14.0. The van der Waals surface area contributed by atoms with E-state index in [1.54, 1.807) is 12.1 Å². The van der Waals surface area contributed by atoms with E-state index in [9.17, 15) is 4.39 Å². The first-order valence-corrected chi connectivity index (χ1v) is 11.0. The Hall–Kier alpha value is -1.95. The van der Waals surface area contributed by atoms with E-state index in [2.05, 4.69) is 32.7 Å². The highest BCUT2D eigenvalue weighted by Gasteiger charge is 2.23. The van der Waals surface area contributed by atoms with Crippen molar-refractivity contribution >= 4 is 29.9 Å². The van der Waals surface area contributed by atoms with Crippen LogP contribution in [0.15, 0.2) is 29.3 Å². The normalized spacial score (nSPS) is 17.7. The molecule has 0 spiro atoms. The second-order valence-corrected chi connectivity index (χ2v) is 7.96. The summed E-state index contributed by atoms with van der Waals surface area (Å²) in [5, 5.41) is 15.1. The van der Waals surface area contributed by atoms with Crippen molar-refractivity contribution in [1.29, 1.82) is 0 Å². The fourth-order valence-corrected chi connectivity index (χ4v) is 3.72. The van der Waals surface area contributed by atoms with E-state index in [0.717, 1.165) is 31.3 Å². The van der Waals surface area contributed by atoms with Gasteiger partial charge in [-0.1, -0.05) is 13.0 Å². The standard InChI is InChI=1S/C22H34FN7O.HI/c1-5-30-11-7-9-19(30)14-25-22(26-15-21-28-27-17(3)29(21)4)24-13-16(2)31-20-10-6-8-18(23)12-20;/h6,8,10,12,16,19H,5,7,9,11,13-15H2,1-4H3,(H2,24,25,26);1H. The van der Waals surface area contributed by atoms with Crippen molar-refractivity contribution in [2.24, 2.45) is 12.0 Å². The summed E-state index contributed by atoms with van der Waals surface area (Å²) < 4.78 is 21.2. The number of halogens is 2. The van der Waals surface area contributed by atoms with E-state index in [1.807, 2.05) is 25.5 Å². The average Bonchev–Trinajstić information content (AvgIpc) is 3.34. The third-order valence-electron chi connectivity index (χ3n) is 5.66. The van der Waals surface area contributed by atoms with Crippen LogP contribution in [0.5, 0.6) is 5.75 Å². The molecule has 0 radical (unpaired) electrons. The van der Waals surface area contributed by atoms with Gasteiger partial charge in [0.05, 0.1) is 6.54 Å². The van der Waals surface area contributed by atoms with Crippen LogP contribution in [0.4, 0.5) is 4.39 Å². The number of hydrogen-bond acceptors (Lipinski definition) is 5. The van der Waals surface area contributed by atoms with Crippen LogP contribution in [0.1, 0.15) is 38.3 Å². The zero-order valence-electron chi connectivity index (χ0n) is 19.3. The van der Waals surface area contributed by atoms with Gasteiger partial charge in [-0.15, -0.1) is 34.2 Å². The summed E-state index contributed by atoms with van der Waals surface area (Å²) in [7, 11) is 1.94. The van der Waals surface area contributed by atoms with Crippen molar-refractivity contribution in [2.45, 2.75) is 52.3 Å². The van der Waals surface area contributed by atoms with E-state index >= 15 is 0 Å². The zero-order chi connectivity index (χ0) is 22.2. The molecule has 1 aliphatic heterocycles. The molecule has 2 heterocycles. The van der Waals surface area contributed by atoms with Gasteiger partial charge in [0.25, 0.3) is 0 Å². The molecule has 2 atom stereocenters. The maximum Gasteiger partial charge on any atom is 0.191 e. The van der Waals surface area contributed by atoms with Crippen LogP contribution in [0.3, 0.4) is 0 Å². The molecule has 178 valence electrons. The minimum atomic E-state index is -0.308. The number of benzene rings is 1. The molecule has 2 unspecified atom stereocenters. The van der Waals surface area contributed by atoms with Gasteiger partial charge >= 0.3 is 0 Å². The Bertz CT molecular complexity index is 876. The first-order valence-electron chi connectivity index (χ1n) is 11.0. The number of aromatic nitrogens is 3. The average molecular weight is 559 g/mol. The highest BCUT2D eigenvalue weighted by Crippen LogP contribution is 2.16. The molecule has 0 saturated carbocycles. The molecule has 2 N–H and O–H groups in total. The van der Waals surface area contributed by atoms with Crippen LogP contribution in [-0.2, 0) is 13.6 Å². The predicted molar refractivity (Wildman–Crippen MR) is 135 cm³/mol. The van der Waals surface area contributed by atoms with Crippen molar-refractivity contribution in [3.8, 4) is 5.75 Å². The maximum absolute atomic E-state index is 13.4. The van der Waals surface area contributed by atoms with Gasteiger partial charge in [0.1, 0.15) is 30.0 Å². The number of likely N-dealkylation sites (N-methyl/N-ethyl adjacent to an activating group) is 1. The van der Waals surface area contributed by atoms with E-state index in [1.165, 1.54) is 25.0 Å². The molecule has 3 rings (SSSR count). The Kier molecular flexibility index (Phi) is 10.6. The molecule has 1 aromatic heterocycles. The minimum Gasteiger partial charge on any atom is -0.489 e. The fraction of sp³-hybridized carbons (Fsp3) is 0.591. The molecule has 1 aliphatic rings. The number of guanidine groups is 1. The summed E-state index contributed by atoms with van der Waals surface area (Å²) in [6.07, 6.45) is 2.26. The summed E-state index contributed by atoms with van der Waals surface area (Å²) in [4.78, 5) is 7.20. The molecular weight excluding hydrogens is 524 g/mol. The van der Waals surface area contributed by atoms with Gasteiger partial charge < -0.3 is 19.9 Å². The van der Waals surface area contributed by atoms with Gasteiger partial charge in [0, 0.05) is 25.7 Å². The summed E-state index contributed by atoms with van der Waals surface area (Å²) in [6, 6.07) is 6.70. The quantitative estimate of drug-likeness (QED) is 0.280. The molecule has 0 bridgehead atoms. The zero-order valence-corrected chi connectivity index (χ0v) is 21.7. The summed E-state index contributed by atoms with van der Waals surface area (Å²) in [5.74, 6) is 2.57. The molecule has 0 amide bonds. The highest BCUT2D eigenvalue weighted by atomic mass is 127. The first-order chi connectivity index (χ1) is 15.0. The van der Waals surface area contributed by atoms with Crippen LogP contribution in [-0.4, -0.2) is 63.9 Å². The van der Waals surface area contributed by atoms with Crippen LogP contribution >= 0.6 is 24.0 Å². The molecule has 8 nitrogen and oxygen atoms in total. The van der Waals surface area contributed by atoms with E-state index < -0.39 is 0 Å². The predicted octanol–water partition coefficient (Wildman–Crippen LogP) is 2.87. The largest absolute Gasteiger partial charge is 0.489 e.